The average molecular weight is 364 g/mol. The molecule has 6 nitrogen and oxygen atoms in total. The fraction of sp³-hybridized carbons (Fsp3) is 0.286. The number of fused-ring (bicyclic) bond motifs is 1. The third-order valence-corrected chi connectivity index (χ3v) is 4.26. The summed E-state index contributed by atoms with van der Waals surface area (Å²) in [6.07, 6.45) is 1.75. The van der Waals surface area contributed by atoms with Gasteiger partial charge in [-0.05, 0) is 38.5 Å². The molecule has 1 aromatic carbocycles. The third kappa shape index (κ3) is 4.00. The van der Waals surface area contributed by atoms with Crippen LogP contribution in [-0.4, -0.2) is 38.7 Å². The quantitative estimate of drug-likeness (QED) is 0.731. The number of hydrogen-bond acceptors (Lipinski definition) is 3. The molecule has 2 heterocycles. The molecule has 0 saturated heterocycles. The van der Waals surface area contributed by atoms with Crippen molar-refractivity contribution in [3.63, 3.8) is 0 Å². The van der Waals surface area contributed by atoms with E-state index in [1.54, 1.807) is 15.5 Å². The van der Waals surface area contributed by atoms with Gasteiger partial charge in [0.05, 0.1) is 5.52 Å². The average Bonchev–Trinajstić information content (AvgIpc) is 3.06. The molecule has 0 fully saturated rings. The van der Waals surface area contributed by atoms with Crippen molar-refractivity contribution >= 4 is 17.3 Å². The predicted molar refractivity (Wildman–Crippen MR) is 105 cm³/mol. The summed E-state index contributed by atoms with van der Waals surface area (Å²) < 4.78 is 1.67. The Morgan fingerprint density at radius 1 is 1.11 bits per heavy atom. The molecule has 0 aliphatic rings. The normalized spacial score (nSPS) is 11.0. The second-order valence-corrected chi connectivity index (χ2v) is 6.67. The summed E-state index contributed by atoms with van der Waals surface area (Å²) in [6.45, 7) is 6.75. The molecule has 0 aliphatic carbocycles. The molecular weight excluding hydrogens is 340 g/mol. The maximum atomic E-state index is 13.2. The fourth-order valence-electron chi connectivity index (χ4n) is 2.96. The largest absolute Gasteiger partial charge is 0.347 e. The lowest BCUT2D eigenvalue weighted by molar-refractivity contribution is 0.0749. The van der Waals surface area contributed by atoms with E-state index >= 15 is 0 Å². The summed E-state index contributed by atoms with van der Waals surface area (Å²) in [5.74, 6) is -0.261. The number of imidazole rings is 1. The van der Waals surface area contributed by atoms with Crippen LogP contribution in [0.2, 0.25) is 0 Å². The zero-order valence-electron chi connectivity index (χ0n) is 15.8. The molecule has 2 aromatic heterocycles. The van der Waals surface area contributed by atoms with Crippen LogP contribution >= 0.6 is 0 Å². The summed E-state index contributed by atoms with van der Waals surface area (Å²) in [5, 5.41) is 2.84. The molecule has 0 spiro atoms. The topological polar surface area (TPSA) is 66.7 Å². The lowest BCUT2D eigenvalue weighted by Gasteiger charge is -2.20. The van der Waals surface area contributed by atoms with Crippen LogP contribution in [0.4, 0.5) is 0 Å². The molecule has 0 aliphatic heterocycles. The van der Waals surface area contributed by atoms with Gasteiger partial charge in [-0.15, -0.1) is 0 Å². The van der Waals surface area contributed by atoms with E-state index in [1.807, 2.05) is 69.3 Å². The Kier molecular flexibility index (Phi) is 5.54. The number of amides is 2. The number of carbonyl (C=O) groups is 2. The summed E-state index contributed by atoms with van der Waals surface area (Å²) in [4.78, 5) is 31.8. The first kappa shape index (κ1) is 18.6. The highest BCUT2D eigenvalue weighted by molar-refractivity contribution is 6.02. The molecule has 27 heavy (non-hydrogen) atoms. The standard InChI is InChI=1S/C21H24N4O2/c1-4-24(14-16-10-6-5-7-11-16)21(27)18-17-12-8-9-13-25(17)19(23-18)20(26)22-15(2)3/h5-13,15H,4,14H2,1-3H3,(H,22,26). The van der Waals surface area contributed by atoms with Gasteiger partial charge in [-0.25, -0.2) is 4.98 Å². The number of benzene rings is 1. The van der Waals surface area contributed by atoms with Gasteiger partial charge >= 0.3 is 0 Å². The Hall–Kier alpha value is -3.15. The van der Waals surface area contributed by atoms with Crippen molar-refractivity contribution in [2.45, 2.75) is 33.4 Å². The SMILES string of the molecule is CCN(Cc1ccccc1)C(=O)c1nc(C(=O)NC(C)C)n2ccccc12. The van der Waals surface area contributed by atoms with Gasteiger partial charge < -0.3 is 10.2 Å². The first-order valence-electron chi connectivity index (χ1n) is 9.12. The molecule has 6 heteroatoms. The highest BCUT2D eigenvalue weighted by atomic mass is 16.2. The van der Waals surface area contributed by atoms with Crippen molar-refractivity contribution in [1.29, 1.82) is 0 Å². The Morgan fingerprint density at radius 3 is 2.48 bits per heavy atom. The fourth-order valence-corrected chi connectivity index (χ4v) is 2.96. The monoisotopic (exact) mass is 364 g/mol. The Balaban J connectivity index is 1.97. The van der Waals surface area contributed by atoms with Gasteiger partial charge in [0.15, 0.2) is 5.69 Å². The lowest BCUT2D eigenvalue weighted by atomic mass is 10.2. The van der Waals surface area contributed by atoms with Gasteiger partial charge in [-0.3, -0.25) is 14.0 Å². The summed E-state index contributed by atoms with van der Waals surface area (Å²) in [7, 11) is 0. The zero-order valence-corrected chi connectivity index (χ0v) is 15.8. The number of carbonyl (C=O) groups excluding carboxylic acids is 2. The van der Waals surface area contributed by atoms with E-state index < -0.39 is 0 Å². The van der Waals surface area contributed by atoms with Gasteiger partial charge in [0.1, 0.15) is 0 Å². The van der Waals surface area contributed by atoms with E-state index in [9.17, 15) is 9.59 Å². The maximum Gasteiger partial charge on any atom is 0.287 e. The van der Waals surface area contributed by atoms with Crippen molar-refractivity contribution in [2.24, 2.45) is 0 Å². The van der Waals surface area contributed by atoms with Crippen molar-refractivity contribution in [3.8, 4) is 0 Å². The second-order valence-electron chi connectivity index (χ2n) is 6.67. The van der Waals surface area contributed by atoms with Crippen LogP contribution in [-0.2, 0) is 6.54 Å². The Labute approximate surface area is 158 Å². The van der Waals surface area contributed by atoms with E-state index in [1.165, 1.54) is 0 Å². The van der Waals surface area contributed by atoms with Crippen LogP contribution in [0.3, 0.4) is 0 Å². The van der Waals surface area contributed by atoms with Crippen LogP contribution in [0.15, 0.2) is 54.7 Å². The molecule has 0 radical (unpaired) electrons. The third-order valence-electron chi connectivity index (χ3n) is 4.26. The van der Waals surface area contributed by atoms with Crippen LogP contribution in [0.25, 0.3) is 5.52 Å². The lowest BCUT2D eigenvalue weighted by Crippen LogP contribution is -2.32. The van der Waals surface area contributed by atoms with E-state index in [-0.39, 0.29) is 23.7 Å². The molecule has 0 unspecified atom stereocenters. The number of aromatic nitrogens is 2. The highest BCUT2D eigenvalue weighted by Gasteiger charge is 2.24. The molecule has 1 N–H and O–H groups in total. The zero-order chi connectivity index (χ0) is 19.4. The number of rotatable bonds is 6. The van der Waals surface area contributed by atoms with Crippen LogP contribution in [0.1, 0.15) is 47.4 Å². The molecular formula is C21H24N4O2. The summed E-state index contributed by atoms with van der Waals surface area (Å²) in [5.41, 5.74) is 1.97. The molecule has 2 amide bonds. The number of nitrogens with zero attached hydrogens (tertiary/aromatic N) is 3. The summed E-state index contributed by atoms with van der Waals surface area (Å²) >= 11 is 0. The smallest absolute Gasteiger partial charge is 0.287 e. The Bertz CT molecular complexity index is 947. The molecule has 0 saturated carbocycles. The van der Waals surface area contributed by atoms with Crippen molar-refractivity contribution in [2.75, 3.05) is 6.54 Å². The first-order chi connectivity index (χ1) is 13.0. The van der Waals surface area contributed by atoms with Crippen molar-refractivity contribution in [1.82, 2.24) is 19.6 Å². The molecule has 3 aromatic rings. The minimum Gasteiger partial charge on any atom is -0.347 e. The van der Waals surface area contributed by atoms with Crippen LogP contribution < -0.4 is 5.32 Å². The van der Waals surface area contributed by atoms with Crippen molar-refractivity contribution < 1.29 is 9.59 Å². The first-order valence-corrected chi connectivity index (χ1v) is 9.12. The van der Waals surface area contributed by atoms with Crippen molar-refractivity contribution in [3.05, 3.63) is 71.8 Å². The Morgan fingerprint density at radius 2 is 1.81 bits per heavy atom. The number of hydrogen-bond donors (Lipinski definition) is 1. The second kappa shape index (κ2) is 8.03. The maximum absolute atomic E-state index is 13.2. The van der Waals surface area contributed by atoms with Gasteiger partial charge in [0, 0.05) is 25.3 Å². The van der Waals surface area contributed by atoms with Gasteiger partial charge in [0.25, 0.3) is 11.8 Å². The van der Waals surface area contributed by atoms with Gasteiger partial charge in [-0.1, -0.05) is 36.4 Å². The van der Waals surface area contributed by atoms with E-state index in [2.05, 4.69) is 10.3 Å². The van der Waals surface area contributed by atoms with Crippen LogP contribution in [0, 0.1) is 0 Å². The number of pyridine rings is 1. The van der Waals surface area contributed by atoms with Gasteiger partial charge in [-0.2, -0.15) is 0 Å². The van der Waals surface area contributed by atoms with E-state index in [0.29, 0.717) is 24.3 Å². The molecule has 0 bridgehead atoms. The minimum atomic E-state index is -0.295. The van der Waals surface area contributed by atoms with E-state index in [4.69, 9.17) is 0 Å². The van der Waals surface area contributed by atoms with Crippen LogP contribution in [0.5, 0.6) is 0 Å². The highest BCUT2D eigenvalue weighted by Crippen LogP contribution is 2.17. The molecule has 3 rings (SSSR count). The number of nitrogens with one attached hydrogen (secondary N) is 1. The predicted octanol–water partition coefficient (Wildman–Crippen LogP) is 3.13. The van der Waals surface area contributed by atoms with E-state index in [0.717, 1.165) is 5.56 Å². The molecule has 140 valence electrons. The van der Waals surface area contributed by atoms with Gasteiger partial charge in [0.2, 0.25) is 5.82 Å². The molecule has 0 atom stereocenters. The summed E-state index contributed by atoms with van der Waals surface area (Å²) in [6, 6.07) is 15.3. The minimum absolute atomic E-state index is 0.0158.